The number of carbonyl (C=O) groups is 1. The van der Waals surface area contributed by atoms with Crippen molar-refractivity contribution in [2.75, 3.05) is 0 Å². The third-order valence-electron chi connectivity index (χ3n) is 2.26. The van der Waals surface area contributed by atoms with E-state index in [1.165, 1.54) is 0 Å². The summed E-state index contributed by atoms with van der Waals surface area (Å²) in [5.41, 5.74) is 0. The molecule has 64 valence electrons. The van der Waals surface area contributed by atoms with Crippen LogP contribution in [0.3, 0.4) is 0 Å². The molecule has 1 saturated carbocycles. The second-order valence-corrected chi connectivity index (χ2v) is 3.59. The van der Waals surface area contributed by atoms with Crippen molar-refractivity contribution < 1.29 is 9.90 Å². The van der Waals surface area contributed by atoms with Gasteiger partial charge in [-0.2, -0.15) is 0 Å². The van der Waals surface area contributed by atoms with Crippen LogP contribution in [0, 0.1) is 5.92 Å². The highest BCUT2D eigenvalue weighted by Crippen LogP contribution is 2.24. The van der Waals surface area contributed by atoms with Crippen molar-refractivity contribution in [3.8, 4) is 0 Å². The van der Waals surface area contributed by atoms with Gasteiger partial charge in [-0.15, -0.1) is 0 Å². The number of aliphatic hydroxyl groups is 1. The van der Waals surface area contributed by atoms with Crippen molar-refractivity contribution in [2.24, 2.45) is 5.92 Å². The molecule has 0 aliphatic heterocycles. The quantitative estimate of drug-likeness (QED) is 0.658. The Morgan fingerprint density at radius 2 is 2.45 bits per heavy atom. The minimum atomic E-state index is -0.245. The summed E-state index contributed by atoms with van der Waals surface area (Å²) in [5.74, 6) is 0.832. The Labute approximate surface area is 67.6 Å². The Hall–Kier alpha value is -0.370. The molecule has 0 heterocycles. The van der Waals surface area contributed by atoms with E-state index in [0.717, 1.165) is 25.7 Å². The van der Waals surface area contributed by atoms with Crippen LogP contribution in [0.15, 0.2) is 0 Å². The molecule has 1 fully saturated rings. The van der Waals surface area contributed by atoms with E-state index in [9.17, 15) is 4.79 Å². The fraction of sp³-hybridized carbons (Fsp3) is 0.889. The molecule has 1 rings (SSSR count). The van der Waals surface area contributed by atoms with Gasteiger partial charge in [0, 0.05) is 12.8 Å². The number of carbonyl (C=O) groups excluding carboxylic acids is 1. The minimum Gasteiger partial charge on any atom is -0.393 e. The predicted octanol–water partition coefficient (Wildman–Crippen LogP) is 1.52. The minimum absolute atomic E-state index is 0.245. The van der Waals surface area contributed by atoms with Crippen molar-refractivity contribution in [1.82, 2.24) is 0 Å². The third kappa shape index (κ3) is 3.02. The molecule has 0 saturated heterocycles. The SMILES string of the molecule is CC(O)CC1CCCC(=O)C1. The molecule has 1 aliphatic rings. The summed E-state index contributed by atoms with van der Waals surface area (Å²) in [6, 6.07) is 0. The number of Topliss-reactive ketones (excluding diaryl/α,β-unsaturated/α-hetero) is 1. The lowest BCUT2D eigenvalue weighted by molar-refractivity contribution is -0.121. The van der Waals surface area contributed by atoms with Crippen molar-refractivity contribution in [3.63, 3.8) is 0 Å². The maximum atomic E-state index is 11.0. The summed E-state index contributed by atoms with van der Waals surface area (Å²) >= 11 is 0. The summed E-state index contributed by atoms with van der Waals surface area (Å²) < 4.78 is 0. The van der Waals surface area contributed by atoms with Crippen LogP contribution in [0.1, 0.15) is 39.0 Å². The van der Waals surface area contributed by atoms with Crippen LogP contribution < -0.4 is 0 Å². The highest BCUT2D eigenvalue weighted by atomic mass is 16.3. The van der Waals surface area contributed by atoms with Crippen LogP contribution in [0.25, 0.3) is 0 Å². The Morgan fingerprint density at radius 1 is 1.73 bits per heavy atom. The van der Waals surface area contributed by atoms with Gasteiger partial charge in [0.25, 0.3) is 0 Å². The van der Waals surface area contributed by atoms with E-state index in [1.54, 1.807) is 6.92 Å². The van der Waals surface area contributed by atoms with Crippen molar-refractivity contribution >= 4 is 5.78 Å². The normalized spacial score (nSPS) is 28.5. The van der Waals surface area contributed by atoms with Gasteiger partial charge in [0.1, 0.15) is 5.78 Å². The van der Waals surface area contributed by atoms with Gasteiger partial charge < -0.3 is 5.11 Å². The monoisotopic (exact) mass is 156 g/mol. The van der Waals surface area contributed by atoms with Crippen molar-refractivity contribution in [2.45, 2.75) is 45.1 Å². The van der Waals surface area contributed by atoms with E-state index in [-0.39, 0.29) is 6.10 Å². The second-order valence-electron chi connectivity index (χ2n) is 3.59. The van der Waals surface area contributed by atoms with Crippen molar-refractivity contribution in [1.29, 1.82) is 0 Å². The average Bonchev–Trinajstić information content (AvgIpc) is 1.85. The first-order valence-corrected chi connectivity index (χ1v) is 4.38. The lowest BCUT2D eigenvalue weighted by atomic mass is 9.85. The summed E-state index contributed by atoms with van der Waals surface area (Å²) in [4.78, 5) is 11.0. The number of hydrogen-bond donors (Lipinski definition) is 1. The smallest absolute Gasteiger partial charge is 0.133 e. The first-order valence-electron chi connectivity index (χ1n) is 4.38. The van der Waals surface area contributed by atoms with Gasteiger partial charge in [0.05, 0.1) is 6.10 Å². The Balaban J connectivity index is 2.28. The number of rotatable bonds is 2. The van der Waals surface area contributed by atoms with E-state index in [2.05, 4.69) is 0 Å². The fourth-order valence-corrected chi connectivity index (χ4v) is 1.80. The van der Waals surface area contributed by atoms with Crippen LogP contribution >= 0.6 is 0 Å². The highest BCUT2D eigenvalue weighted by Gasteiger charge is 2.20. The zero-order valence-corrected chi connectivity index (χ0v) is 7.05. The maximum absolute atomic E-state index is 11.0. The lowest BCUT2D eigenvalue weighted by Crippen LogP contribution is -2.18. The standard InChI is InChI=1S/C9H16O2/c1-7(10)5-8-3-2-4-9(11)6-8/h7-8,10H,2-6H2,1H3. The molecule has 0 aromatic heterocycles. The second kappa shape index (κ2) is 3.86. The molecule has 2 atom stereocenters. The molecule has 1 aliphatic carbocycles. The number of ketones is 1. The largest absolute Gasteiger partial charge is 0.393 e. The van der Waals surface area contributed by atoms with Gasteiger partial charge in [-0.1, -0.05) is 0 Å². The molecule has 0 radical (unpaired) electrons. The summed E-state index contributed by atoms with van der Waals surface area (Å²) in [7, 11) is 0. The Morgan fingerprint density at radius 3 is 3.00 bits per heavy atom. The highest BCUT2D eigenvalue weighted by molar-refractivity contribution is 5.79. The molecule has 0 bridgehead atoms. The first-order chi connectivity index (χ1) is 5.18. The third-order valence-corrected chi connectivity index (χ3v) is 2.26. The molecule has 1 N–H and O–H groups in total. The lowest BCUT2D eigenvalue weighted by Gasteiger charge is -2.21. The van der Waals surface area contributed by atoms with Crippen LogP contribution in [0.5, 0.6) is 0 Å². The first kappa shape index (κ1) is 8.72. The van der Waals surface area contributed by atoms with Gasteiger partial charge in [0.2, 0.25) is 0 Å². The maximum Gasteiger partial charge on any atom is 0.133 e. The Bertz CT molecular complexity index is 140. The van der Waals surface area contributed by atoms with Crippen molar-refractivity contribution in [3.05, 3.63) is 0 Å². The molecule has 2 unspecified atom stereocenters. The zero-order chi connectivity index (χ0) is 8.27. The molecule has 11 heavy (non-hydrogen) atoms. The molecule has 0 aromatic carbocycles. The zero-order valence-electron chi connectivity index (χ0n) is 7.05. The number of aliphatic hydroxyl groups excluding tert-OH is 1. The van der Waals surface area contributed by atoms with E-state index in [1.807, 2.05) is 0 Å². The fourth-order valence-electron chi connectivity index (χ4n) is 1.80. The van der Waals surface area contributed by atoms with Gasteiger partial charge in [-0.05, 0) is 32.1 Å². The van der Waals surface area contributed by atoms with Gasteiger partial charge >= 0.3 is 0 Å². The molecule has 0 amide bonds. The van der Waals surface area contributed by atoms with Crippen LogP contribution in [0.2, 0.25) is 0 Å². The molecular weight excluding hydrogens is 140 g/mol. The molecule has 2 heteroatoms. The topological polar surface area (TPSA) is 37.3 Å². The van der Waals surface area contributed by atoms with Gasteiger partial charge in [-0.3, -0.25) is 4.79 Å². The van der Waals surface area contributed by atoms with Crippen LogP contribution in [-0.4, -0.2) is 17.0 Å². The number of hydrogen-bond acceptors (Lipinski definition) is 2. The summed E-state index contributed by atoms with van der Waals surface area (Å²) in [5, 5.41) is 9.08. The molecular formula is C9H16O2. The summed E-state index contributed by atoms with van der Waals surface area (Å²) in [6.45, 7) is 1.79. The Kier molecular flexibility index (Phi) is 3.06. The van der Waals surface area contributed by atoms with E-state index in [0.29, 0.717) is 18.1 Å². The van der Waals surface area contributed by atoms with E-state index in [4.69, 9.17) is 5.11 Å². The van der Waals surface area contributed by atoms with E-state index < -0.39 is 0 Å². The molecule has 0 spiro atoms. The van der Waals surface area contributed by atoms with Crippen LogP contribution in [-0.2, 0) is 4.79 Å². The predicted molar refractivity (Wildman–Crippen MR) is 43.3 cm³/mol. The van der Waals surface area contributed by atoms with Gasteiger partial charge in [0.15, 0.2) is 0 Å². The molecule has 0 aromatic rings. The van der Waals surface area contributed by atoms with Crippen LogP contribution in [0.4, 0.5) is 0 Å². The summed E-state index contributed by atoms with van der Waals surface area (Å²) in [6.07, 6.45) is 4.16. The van der Waals surface area contributed by atoms with E-state index >= 15 is 0 Å². The van der Waals surface area contributed by atoms with Gasteiger partial charge in [-0.25, -0.2) is 0 Å². The average molecular weight is 156 g/mol. The molecule has 2 nitrogen and oxygen atoms in total.